The van der Waals surface area contributed by atoms with E-state index < -0.39 is 53.5 Å². The number of piperidine rings is 1. The largest absolute Gasteiger partial charge is 0.481 e. The van der Waals surface area contributed by atoms with Crippen molar-refractivity contribution >= 4 is 41.0 Å². The lowest BCUT2D eigenvalue weighted by Crippen LogP contribution is -2.62. The summed E-state index contributed by atoms with van der Waals surface area (Å²) >= 11 is 1.18. The van der Waals surface area contributed by atoms with Gasteiger partial charge in [0.05, 0.1) is 11.5 Å². The maximum Gasteiger partial charge on any atom is 0.306 e. The van der Waals surface area contributed by atoms with E-state index in [9.17, 15) is 29.1 Å². The highest BCUT2D eigenvalue weighted by Gasteiger charge is 2.42. The molecular formula is C39H59N5O7S. The second-order valence-electron chi connectivity index (χ2n) is 15.0. The van der Waals surface area contributed by atoms with Crippen LogP contribution in [0.3, 0.4) is 0 Å². The highest BCUT2D eigenvalue weighted by molar-refractivity contribution is 7.09. The molecule has 13 heteroatoms. The molecule has 288 valence electrons. The zero-order valence-electron chi connectivity index (χ0n) is 32.3. The number of likely N-dealkylation sites (tertiary alicyclic amines) is 1. The number of ether oxygens (including phenoxy) is 1. The van der Waals surface area contributed by atoms with Crippen molar-refractivity contribution in [1.29, 1.82) is 0 Å². The monoisotopic (exact) mass is 741 g/mol. The Bertz CT molecular complexity index is 1520. The third kappa shape index (κ3) is 11.3. The summed E-state index contributed by atoms with van der Waals surface area (Å²) in [6.45, 7) is 13.6. The minimum Gasteiger partial charge on any atom is -0.481 e. The zero-order chi connectivity index (χ0) is 38.7. The number of hydrogen-bond acceptors (Lipinski definition) is 9. The van der Waals surface area contributed by atoms with Gasteiger partial charge in [0, 0.05) is 37.9 Å². The molecule has 1 aliphatic heterocycles. The topological polar surface area (TPSA) is 158 Å². The Labute approximate surface area is 313 Å². The van der Waals surface area contributed by atoms with E-state index in [-0.39, 0.29) is 42.2 Å². The van der Waals surface area contributed by atoms with Crippen LogP contribution in [-0.2, 0) is 30.3 Å². The van der Waals surface area contributed by atoms with Crippen LogP contribution in [0.25, 0.3) is 0 Å². The van der Waals surface area contributed by atoms with Crippen molar-refractivity contribution in [3.05, 3.63) is 52.0 Å². The summed E-state index contributed by atoms with van der Waals surface area (Å²) in [6.07, 6.45) is 3.44. The number of aliphatic carboxylic acids is 1. The number of nitrogens with zero attached hydrogens (tertiary/aromatic N) is 3. The summed E-state index contributed by atoms with van der Waals surface area (Å²) < 4.78 is 5.78. The number of esters is 1. The fourth-order valence-corrected chi connectivity index (χ4v) is 7.66. The predicted molar refractivity (Wildman–Crippen MR) is 202 cm³/mol. The van der Waals surface area contributed by atoms with Crippen LogP contribution in [0, 0.1) is 17.8 Å². The Morgan fingerprint density at radius 3 is 2.31 bits per heavy atom. The number of benzene rings is 1. The quantitative estimate of drug-likeness (QED) is 0.168. The molecule has 0 radical (unpaired) electrons. The normalized spacial score (nSPS) is 19.8. The smallest absolute Gasteiger partial charge is 0.306 e. The molecule has 1 unspecified atom stereocenters. The predicted octanol–water partition coefficient (Wildman–Crippen LogP) is 5.48. The van der Waals surface area contributed by atoms with Crippen LogP contribution in [0.4, 0.5) is 0 Å². The van der Waals surface area contributed by atoms with E-state index in [0.717, 1.165) is 24.9 Å². The van der Waals surface area contributed by atoms with E-state index in [1.807, 2.05) is 72.0 Å². The highest BCUT2D eigenvalue weighted by atomic mass is 32.1. The van der Waals surface area contributed by atoms with Crippen molar-refractivity contribution in [3.8, 4) is 0 Å². The van der Waals surface area contributed by atoms with E-state index in [4.69, 9.17) is 4.74 Å². The van der Waals surface area contributed by atoms with Gasteiger partial charge in [-0.3, -0.25) is 28.9 Å². The lowest BCUT2D eigenvalue weighted by molar-refractivity contribution is -0.149. The molecule has 7 atom stereocenters. The van der Waals surface area contributed by atoms with Crippen LogP contribution in [0.5, 0.6) is 0 Å². The first-order valence-corrected chi connectivity index (χ1v) is 19.3. The summed E-state index contributed by atoms with van der Waals surface area (Å²) in [7, 11) is 3.67. The average Bonchev–Trinajstić information content (AvgIpc) is 3.60. The molecule has 0 bridgehead atoms. The van der Waals surface area contributed by atoms with E-state index in [1.165, 1.54) is 18.3 Å². The van der Waals surface area contributed by atoms with Crippen molar-refractivity contribution < 1.29 is 33.8 Å². The van der Waals surface area contributed by atoms with E-state index in [0.29, 0.717) is 24.3 Å². The zero-order valence-corrected chi connectivity index (χ0v) is 33.1. The van der Waals surface area contributed by atoms with Gasteiger partial charge in [-0.2, -0.15) is 0 Å². The number of amides is 3. The van der Waals surface area contributed by atoms with Gasteiger partial charge in [-0.05, 0) is 70.0 Å². The van der Waals surface area contributed by atoms with Crippen LogP contribution in [0.15, 0.2) is 35.7 Å². The molecule has 3 N–H and O–H groups in total. The average molecular weight is 742 g/mol. The molecule has 2 aromatic rings. The Balaban J connectivity index is 1.83. The van der Waals surface area contributed by atoms with Crippen LogP contribution in [-0.4, -0.2) is 93.9 Å². The van der Waals surface area contributed by atoms with E-state index in [2.05, 4.69) is 20.5 Å². The van der Waals surface area contributed by atoms with Gasteiger partial charge in [0.2, 0.25) is 11.8 Å². The highest BCUT2D eigenvalue weighted by Crippen LogP contribution is 2.32. The van der Waals surface area contributed by atoms with Crippen molar-refractivity contribution in [2.45, 2.75) is 123 Å². The first-order valence-electron chi connectivity index (χ1n) is 18.5. The Hall–Kier alpha value is -3.84. The molecule has 1 aromatic heterocycles. The fraction of sp³-hybridized carbons (Fsp3) is 0.641. The molecule has 3 amide bonds. The molecule has 3 rings (SSSR count). The summed E-state index contributed by atoms with van der Waals surface area (Å²) in [6, 6.07) is 7.93. The Kier molecular flexibility index (Phi) is 15.8. The number of carbonyl (C=O) groups is 5. The van der Waals surface area contributed by atoms with Gasteiger partial charge in [0.25, 0.3) is 5.91 Å². The molecular weight excluding hydrogens is 683 g/mol. The van der Waals surface area contributed by atoms with Gasteiger partial charge in [-0.25, -0.2) is 4.98 Å². The van der Waals surface area contributed by atoms with Gasteiger partial charge < -0.3 is 25.4 Å². The molecule has 1 fully saturated rings. The van der Waals surface area contributed by atoms with Gasteiger partial charge in [0.1, 0.15) is 16.7 Å². The SMILES string of the molecule is CC[C@H](C)[C@H](NC(=O)C1(C)CCCCN1C)C(=O)N(C)[C@H](C[C@@H](OC(C)=O)c1nc(C(=O)N[C@@H](Cc2ccccc2)C[C@H](C)C(=O)O)cs1)C(C)C. The number of carboxylic acid groups (broad SMARTS) is 1. The van der Waals surface area contributed by atoms with Gasteiger partial charge in [-0.1, -0.05) is 71.4 Å². The standard InChI is InChI=1S/C39H59N5O7S/c1-10-25(4)33(42-38(50)39(7)18-14-15-19-43(39)8)36(47)44(9)31(24(2)3)22-32(51-27(6)45)35-41-30(23-52-35)34(46)40-29(20-26(5)37(48)49)21-28-16-12-11-13-17-28/h11-13,16-17,23-26,29,31-33H,10,14-15,18-22H2,1-9H3,(H,40,46)(H,42,50)(H,48,49)/t25-,26-,29+,31+,32+,33-,39?/m0/s1. The summed E-state index contributed by atoms with van der Waals surface area (Å²) in [5.74, 6) is -3.16. The molecule has 0 saturated carbocycles. The fourth-order valence-electron chi connectivity index (χ4n) is 6.82. The minimum absolute atomic E-state index is 0.0556. The number of nitrogens with one attached hydrogen (secondary N) is 2. The van der Waals surface area contributed by atoms with Crippen LogP contribution in [0.2, 0.25) is 0 Å². The maximum absolute atomic E-state index is 14.3. The summed E-state index contributed by atoms with van der Waals surface area (Å²) in [5, 5.41) is 17.6. The number of likely N-dealkylation sites (N-methyl/N-ethyl adjacent to an activating group) is 2. The number of rotatable bonds is 18. The maximum atomic E-state index is 14.3. The Morgan fingerprint density at radius 1 is 1.06 bits per heavy atom. The first kappa shape index (κ1) is 42.6. The summed E-state index contributed by atoms with van der Waals surface area (Å²) in [4.78, 5) is 73.8. The van der Waals surface area contributed by atoms with E-state index in [1.54, 1.807) is 24.3 Å². The molecule has 0 aliphatic carbocycles. The third-order valence-electron chi connectivity index (χ3n) is 10.6. The molecule has 52 heavy (non-hydrogen) atoms. The van der Waals surface area contributed by atoms with Crippen LogP contribution < -0.4 is 10.6 Å². The molecule has 1 saturated heterocycles. The second kappa shape index (κ2) is 19.3. The lowest BCUT2D eigenvalue weighted by Gasteiger charge is -2.43. The Morgan fingerprint density at radius 2 is 1.73 bits per heavy atom. The van der Waals surface area contributed by atoms with Crippen LogP contribution in [0.1, 0.15) is 114 Å². The van der Waals surface area contributed by atoms with Crippen LogP contribution >= 0.6 is 11.3 Å². The van der Waals surface area contributed by atoms with Crippen molar-refractivity contribution in [2.24, 2.45) is 17.8 Å². The van der Waals surface area contributed by atoms with Gasteiger partial charge >= 0.3 is 11.9 Å². The van der Waals surface area contributed by atoms with Gasteiger partial charge in [0.15, 0.2) is 6.10 Å². The number of thiazole rings is 1. The number of carbonyl (C=O) groups excluding carboxylic acids is 4. The number of hydrogen-bond donors (Lipinski definition) is 3. The van der Waals surface area contributed by atoms with Crippen molar-refractivity contribution in [3.63, 3.8) is 0 Å². The van der Waals surface area contributed by atoms with Crippen molar-refractivity contribution in [1.82, 2.24) is 25.4 Å². The lowest BCUT2D eigenvalue weighted by atomic mass is 9.86. The van der Waals surface area contributed by atoms with Crippen molar-refractivity contribution in [2.75, 3.05) is 20.6 Å². The number of aromatic nitrogens is 1. The molecule has 1 aliphatic rings. The minimum atomic E-state index is -0.945. The molecule has 1 aromatic carbocycles. The first-order chi connectivity index (χ1) is 24.5. The second-order valence-corrected chi connectivity index (χ2v) is 15.9. The molecule has 2 heterocycles. The number of carboxylic acids is 1. The van der Waals surface area contributed by atoms with Gasteiger partial charge in [-0.15, -0.1) is 11.3 Å². The molecule has 12 nitrogen and oxygen atoms in total. The third-order valence-corrected chi connectivity index (χ3v) is 11.6. The van der Waals surface area contributed by atoms with E-state index >= 15 is 0 Å². The molecule has 0 spiro atoms. The summed E-state index contributed by atoms with van der Waals surface area (Å²) in [5.41, 5.74) is 0.388.